The topological polar surface area (TPSA) is 65.1 Å². The maximum absolute atomic E-state index is 12.3. The minimum Gasteiger partial charge on any atom is -0.486 e. The molecule has 0 aliphatic carbocycles. The third kappa shape index (κ3) is 4.17. The van der Waals surface area contributed by atoms with Crippen LogP contribution in [0.25, 0.3) is 6.08 Å². The number of hydrogen-bond acceptors (Lipinski definition) is 5. The second-order valence-electron chi connectivity index (χ2n) is 6.68. The summed E-state index contributed by atoms with van der Waals surface area (Å²) in [6.07, 6.45) is 3.76. The minimum absolute atomic E-state index is 0.185. The first-order chi connectivity index (χ1) is 13.7. The van der Waals surface area contributed by atoms with Crippen LogP contribution >= 0.6 is 0 Å². The molecule has 144 valence electrons. The average molecular weight is 379 g/mol. The predicted molar refractivity (Wildman–Crippen MR) is 103 cm³/mol. The molecule has 0 saturated carbocycles. The van der Waals surface area contributed by atoms with Crippen LogP contribution in [-0.2, 0) is 27.3 Å². The number of hydrogen-bond donors (Lipinski definition) is 0. The summed E-state index contributed by atoms with van der Waals surface area (Å²) in [5.74, 6) is 0.609. The van der Waals surface area contributed by atoms with E-state index in [1.165, 1.54) is 11.6 Å². The molecular formula is C22H21NO5. The van der Waals surface area contributed by atoms with Crippen molar-refractivity contribution >= 4 is 18.0 Å². The van der Waals surface area contributed by atoms with Gasteiger partial charge in [0.1, 0.15) is 13.2 Å². The first-order valence-corrected chi connectivity index (χ1v) is 9.28. The molecule has 0 bridgehead atoms. The monoisotopic (exact) mass is 379 g/mol. The summed E-state index contributed by atoms with van der Waals surface area (Å²) in [6, 6.07) is 13.5. The molecule has 0 atom stereocenters. The third-order valence-corrected chi connectivity index (χ3v) is 4.80. The lowest BCUT2D eigenvalue weighted by Gasteiger charge is -2.28. The summed E-state index contributed by atoms with van der Waals surface area (Å²) >= 11 is 0. The van der Waals surface area contributed by atoms with E-state index in [0.717, 1.165) is 17.5 Å². The molecule has 1 amide bonds. The summed E-state index contributed by atoms with van der Waals surface area (Å²) in [5.41, 5.74) is 3.21. The van der Waals surface area contributed by atoms with Gasteiger partial charge in [-0.05, 0) is 41.3 Å². The highest BCUT2D eigenvalue weighted by atomic mass is 16.6. The molecule has 0 fully saturated rings. The van der Waals surface area contributed by atoms with Gasteiger partial charge in [-0.1, -0.05) is 30.3 Å². The molecule has 0 radical (unpaired) electrons. The van der Waals surface area contributed by atoms with Crippen molar-refractivity contribution in [3.63, 3.8) is 0 Å². The molecule has 6 nitrogen and oxygen atoms in total. The number of rotatable bonds is 4. The maximum Gasteiger partial charge on any atom is 0.331 e. The molecule has 6 heteroatoms. The number of carbonyl (C=O) groups is 2. The van der Waals surface area contributed by atoms with Gasteiger partial charge in [0.25, 0.3) is 5.91 Å². The fourth-order valence-electron chi connectivity index (χ4n) is 3.31. The van der Waals surface area contributed by atoms with Crippen LogP contribution in [0.1, 0.15) is 16.7 Å². The highest BCUT2D eigenvalue weighted by Crippen LogP contribution is 2.31. The predicted octanol–water partition coefficient (Wildman–Crippen LogP) is 2.60. The molecule has 2 aliphatic heterocycles. The Balaban J connectivity index is 1.28. The maximum atomic E-state index is 12.3. The Bertz CT molecular complexity index is 921. The first-order valence-electron chi connectivity index (χ1n) is 9.28. The standard InChI is InChI=1S/C22H21NO5/c24-21(23-10-9-17-3-1-2-4-18(17)14-23)15-28-22(25)8-6-16-5-7-19-20(13-16)27-12-11-26-19/h1-8,13H,9-12,14-15H2/b8-6+. The van der Waals surface area contributed by atoms with Crippen LogP contribution in [0.2, 0.25) is 0 Å². The normalized spacial score (nSPS) is 15.2. The molecule has 0 spiro atoms. The number of carbonyl (C=O) groups excluding carboxylic acids is 2. The number of amides is 1. The van der Waals surface area contributed by atoms with Crippen molar-refractivity contribution in [3.05, 3.63) is 65.2 Å². The fourth-order valence-corrected chi connectivity index (χ4v) is 3.31. The van der Waals surface area contributed by atoms with Gasteiger partial charge in [-0.15, -0.1) is 0 Å². The van der Waals surface area contributed by atoms with Crippen molar-refractivity contribution in [1.82, 2.24) is 4.90 Å². The van der Waals surface area contributed by atoms with E-state index in [1.807, 2.05) is 24.3 Å². The minimum atomic E-state index is -0.555. The number of benzene rings is 2. The van der Waals surface area contributed by atoms with Gasteiger partial charge in [-0.25, -0.2) is 4.79 Å². The van der Waals surface area contributed by atoms with Gasteiger partial charge in [-0.3, -0.25) is 4.79 Å². The molecular weight excluding hydrogens is 358 g/mol. The van der Waals surface area contributed by atoms with Crippen LogP contribution in [0.3, 0.4) is 0 Å². The summed E-state index contributed by atoms with van der Waals surface area (Å²) < 4.78 is 16.1. The molecule has 0 aromatic heterocycles. The Morgan fingerprint density at radius 3 is 2.68 bits per heavy atom. The Morgan fingerprint density at radius 1 is 1.04 bits per heavy atom. The van der Waals surface area contributed by atoms with E-state index in [-0.39, 0.29) is 12.5 Å². The van der Waals surface area contributed by atoms with E-state index in [2.05, 4.69) is 6.07 Å². The molecule has 4 rings (SSSR count). The highest BCUT2D eigenvalue weighted by Gasteiger charge is 2.21. The zero-order chi connectivity index (χ0) is 19.3. The summed E-state index contributed by atoms with van der Waals surface area (Å²) in [6.45, 7) is 1.98. The van der Waals surface area contributed by atoms with Gasteiger partial charge in [0.05, 0.1) is 0 Å². The summed E-state index contributed by atoms with van der Waals surface area (Å²) in [7, 11) is 0. The fraction of sp³-hybridized carbons (Fsp3) is 0.273. The Labute approximate surface area is 163 Å². The van der Waals surface area contributed by atoms with Crippen LogP contribution in [0, 0.1) is 0 Å². The van der Waals surface area contributed by atoms with E-state index < -0.39 is 5.97 Å². The van der Waals surface area contributed by atoms with Crippen molar-refractivity contribution in [2.24, 2.45) is 0 Å². The largest absolute Gasteiger partial charge is 0.486 e. The van der Waals surface area contributed by atoms with Crippen molar-refractivity contribution in [3.8, 4) is 11.5 Å². The number of ether oxygens (including phenoxy) is 3. The smallest absolute Gasteiger partial charge is 0.331 e. The van der Waals surface area contributed by atoms with Crippen molar-refractivity contribution in [2.75, 3.05) is 26.4 Å². The molecule has 0 unspecified atom stereocenters. The number of esters is 1. The SMILES string of the molecule is O=C(/C=C/c1ccc2c(c1)OCCO2)OCC(=O)N1CCc2ccccc2C1. The van der Waals surface area contributed by atoms with E-state index in [1.54, 1.807) is 23.1 Å². The van der Waals surface area contributed by atoms with E-state index in [4.69, 9.17) is 14.2 Å². The molecule has 2 aromatic rings. The molecule has 0 N–H and O–H groups in total. The van der Waals surface area contributed by atoms with E-state index in [9.17, 15) is 9.59 Å². The number of fused-ring (bicyclic) bond motifs is 2. The highest BCUT2D eigenvalue weighted by molar-refractivity contribution is 5.89. The van der Waals surface area contributed by atoms with Crippen molar-refractivity contribution < 1.29 is 23.8 Å². The first kappa shape index (κ1) is 18.1. The lowest BCUT2D eigenvalue weighted by Crippen LogP contribution is -2.38. The average Bonchev–Trinajstić information content (AvgIpc) is 2.75. The molecule has 0 saturated heterocycles. The second-order valence-corrected chi connectivity index (χ2v) is 6.68. The van der Waals surface area contributed by atoms with Crippen LogP contribution < -0.4 is 9.47 Å². The van der Waals surface area contributed by atoms with Gasteiger partial charge < -0.3 is 19.1 Å². The second kappa shape index (κ2) is 8.17. The van der Waals surface area contributed by atoms with Crippen molar-refractivity contribution in [2.45, 2.75) is 13.0 Å². The Morgan fingerprint density at radius 2 is 1.82 bits per heavy atom. The van der Waals surface area contributed by atoms with Crippen LogP contribution in [0.4, 0.5) is 0 Å². The Hall–Kier alpha value is -3.28. The van der Waals surface area contributed by atoms with E-state index in [0.29, 0.717) is 37.8 Å². The lowest BCUT2D eigenvalue weighted by atomic mass is 10.00. The summed E-state index contributed by atoms with van der Waals surface area (Å²) in [5, 5.41) is 0. The van der Waals surface area contributed by atoms with Crippen LogP contribution in [-0.4, -0.2) is 43.1 Å². The quantitative estimate of drug-likeness (QED) is 0.604. The third-order valence-electron chi connectivity index (χ3n) is 4.80. The van der Waals surface area contributed by atoms with Crippen LogP contribution in [0.5, 0.6) is 11.5 Å². The van der Waals surface area contributed by atoms with Gasteiger partial charge in [-0.2, -0.15) is 0 Å². The van der Waals surface area contributed by atoms with Gasteiger partial charge in [0.2, 0.25) is 0 Å². The van der Waals surface area contributed by atoms with Gasteiger partial charge >= 0.3 is 5.97 Å². The van der Waals surface area contributed by atoms with Crippen LogP contribution in [0.15, 0.2) is 48.5 Å². The molecule has 2 aromatic carbocycles. The zero-order valence-corrected chi connectivity index (χ0v) is 15.4. The summed E-state index contributed by atoms with van der Waals surface area (Å²) in [4.78, 5) is 26.0. The molecule has 2 aliphatic rings. The number of nitrogens with zero attached hydrogens (tertiary/aromatic N) is 1. The van der Waals surface area contributed by atoms with Crippen molar-refractivity contribution in [1.29, 1.82) is 0 Å². The lowest BCUT2D eigenvalue weighted by molar-refractivity contribution is -0.148. The molecule has 28 heavy (non-hydrogen) atoms. The Kier molecular flexibility index (Phi) is 5.28. The molecule has 2 heterocycles. The zero-order valence-electron chi connectivity index (χ0n) is 15.4. The van der Waals surface area contributed by atoms with Gasteiger partial charge in [0.15, 0.2) is 18.1 Å². The van der Waals surface area contributed by atoms with Gasteiger partial charge in [0, 0.05) is 19.2 Å². The van der Waals surface area contributed by atoms with E-state index >= 15 is 0 Å².